The zero-order chi connectivity index (χ0) is 7.40. The van der Waals surface area contributed by atoms with Crippen molar-refractivity contribution in [1.82, 2.24) is 5.32 Å². The van der Waals surface area contributed by atoms with E-state index in [0.29, 0.717) is 0 Å². The second kappa shape index (κ2) is 5.10. The minimum absolute atomic E-state index is 0. The Kier molecular flexibility index (Phi) is 4.83. The molecular formula is C8H11ClFN. The van der Waals surface area contributed by atoms with Crippen molar-refractivity contribution in [1.29, 1.82) is 0 Å². The molecule has 0 atom stereocenters. The van der Waals surface area contributed by atoms with Gasteiger partial charge in [0.1, 0.15) is 5.82 Å². The summed E-state index contributed by atoms with van der Waals surface area (Å²) in [5, 5.41) is 2.98. The molecule has 0 spiro atoms. The first-order chi connectivity index (χ1) is 4.83. The van der Waals surface area contributed by atoms with Crippen molar-refractivity contribution < 1.29 is 4.39 Å². The molecule has 0 saturated heterocycles. The molecule has 0 bridgehead atoms. The van der Waals surface area contributed by atoms with Crippen LogP contribution in [0, 0.1) is 5.82 Å². The number of hydrogen-bond acceptors (Lipinski definition) is 1. The van der Waals surface area contributed by atoms with Crippen LogP contribution in [0.15, 0.2) is 24.3 Å². The van der Waals surface area contributed by atoms with Crippen LogP contribution in [-0.2, 0) is 6.54 Å². The molecule has 0 aliphatic carbocycles. The highest BCUT2D eigenvalue weighted by Crippen LogP contribution is 2.01. The van der Waals surface area contributed by atoms with Crippen LogP contribution in [0.1, 0.15) is 5.56 Å². The van der Waals surface area contributed by atoms with Gasteiger partial charge in [0, 0.05) is 6.54 Å². The van der Waals surface area contributed by atoms with Gasteiger partial charge in [0.05, 0.1) is 0 Å². The molecule has 11 heavy (non-hydrogen) atoms. The van der Waals surface area contributed by atoms with Crippen LogP contribution in [-0.4, -0.2) is 7.05 Å². The Morgan fingerprint density at radius 3 is 2.27 bits per heavy atom. The van der Waals surface area contributed by atoms with E-state index in [2.05, 4.69) is 5.32 Å². The highest BCUT2D eigenvalue weighted by Gasteiger charge is 1.89. The van der Waals surface area contributed by atoms with E-state index in [1.54, 1.807) is 12.1 Å². The smallest absolute Gasteiger partial charge is 0.123 e. The first-order valence-corrected chi connectivity index (χ1v) is 3.22. The van der Waals surface area contributed by atoms with Crippen LogP contribution in [0.25, 0.3) is 0 Å². The molecular weight excluding hydrogens is 165 g/mol. The highest BCUT2D eigenvalue weighted by molar-refractivity contribution is 5.85. The molecule has 1 aromatic carbocycles. The van der Waals surface area contributed by atoms with E-state index in [-0.39, 0.29) is 18.2 Å². The van der Waals surface area contributed by atoms with Crippen molar-refractivity contribution in [3.63, 3.8) is 0 Å². The van der Waals surface area contributed by atoms with Gasteiger partial charge >= 0.3 is 0 Å². The zero-order valence-corrected chi connectivity index (χ0v) is 7.12. The van der Waals surface area contributed by atoms with Crippen LogP contribution >= 0.6 is 12.4 Å². The molecule has 0 heterocycles. The Hall–Kier alpha value is -0.600. The van der Waals surface area contributed by atoms with Crippen molar-refractivity contribution in [3.05, 3.63) is 35.6 Å². The lowest BCUT2D eigenvalue weighted by Gasteiger charge is -1.97. The van der Waals surface area contributed by atoms with Gasteiger partial charge in [-0.15, -0.1) is 12.4 Å². The van der Waals surface area contributed by atoms with Crippen LogP contribution in [0.5, 0.6) is 0 Å². The second-order valence-electron chi connectivity index (χ2n) is 2.16. The van der Waals surface area contributed by atoms with Crippen LogP contribution in [0.2, 0.25) is 0 Å². The molecule has 3 heteroatoms. The van der Waals surface area contributed by atoms with E-state index in [0.717, 1.165) is 12.1 Å². The molecule has 1 rings (SSSR count). The van der Waals surface area contributed by atoms with Crippen LogP contribution < -0.4 is 5.32 Å². The molecule has 1 nitrogen and oxygen atoms in total. The van der Waals surface area contributed by atoms with Gasteiger partial charge in [-0.1, -0.05) is 12.1 Å². The Labute approximate surface area is 72.0 Å². The monoisotopic (exact) mass is 175 g/mol. The third-order valence-electron chi connectivity index (χ3n) is 1.29. The lowest BCUT2D eigenvalue weighted by atomic mass is 10.2. The van der Waals surface area contributed by atoms with Crippen molar-refractivity contribution in [2.45, 2.75) is 6.54 Å². The van der Waals surface area contributed by atoms with Gasteiger partial charge in [0.25, 0.3) is 0 Å². The van der Waals surface area contributed by atoms with E-state index in [1.807, 2.05) is 7.05 Å². The number of hydrogen-bond donors (Lipinski definition) is 1. The van der Waals surface area contributed by atoms with Gasteiger partial charge < -0.3 is 5.32 Å². The molecule has 1 N–H and O–H groups in total. The lowest BCUT2D eigenvalue weighted by Crippen LogP contribution is -2.04. The lowest BCUT2D eigenvalue weighted by molar-refractivity contribution is 0.626. The van der Waals surface area contributed by atoms with Gasteiger partial charge in [-0.25, -0.2) is 4.39 Å². The van der Waals surface area contributed by atoms with Gasteiger partial charge in [-0.2, -0.15) is 0 Å². The Morgan fingerprint density at radius 2 is 1.82 bits per heavy atom. The molecule has 0 radical (unpaired) electrons. The summed E-state index contributed by atoms with van der Waals surface area (Å²) in [6.45, 7) is 0.792. The van der Waals surface area contributed by atoms with Gasteiger partial charge in [-0.3, -0.25) is 0 Å². The summed E-state index contributed by atoms with van der Waals surface area (Å²) in [7, 11) is 1.86. The topological polar surface area (TPSA) is 12.0 Å². The standard InChI is InChI=1S/C8H10FN.ClH/c1-10-6-7-2-4-8(9)5-3-7;/h2-5,10H,6H2,1H3;1H. The summed E-state index contributed by atoms with van der Waals surface area (Å²) in [5.74, 6) is -0.181. The third kappa shape index (κ3) is 3.35. The molecule has 0 amide bonds. The van der Waals surface area contributed by atoms with Crippen LogP contribution in [0.4, 0.5) is 4.39 Å². The fraction of sp³-hybridized carbons (Fsp3) is 0.250. The summed E-state index contributed by atoms with van der Waals surface area (Å²) in [5.41, 5.74) is 1.10. The summed E-state index contributed by atoms with van der Waals surface area (Å²) in [4.78, 5) is 0. The number of nitrogens with one attached hydrogen (secondary N) is 1. The van der Waals surface area contributed by atoms with E-state index in [1.165, 1.54) is 12.1 Å². The average molecular weight is 176 g/mol. The Bertz CT molecular complexity index is 198. The molecule has 0 fully saturated rings. The van der Waals surface area contributed by atoms with Crippen LogP contribution in [0.3, 0.4) is 0 Å². The molecule has 1 aromatic rings. The van der Waals surface area contributed by atoms with Crippen molar-refractivity contribution in [2.24, 2.45) is 0 Å². The van der Waals surface area contributed by atoms with Gasteiger partial charge in [0.15, 0.2) is 0 Å². The molecule has 0 aromatic heterocycles. The quantitative estimate of drug-likeness (QED) is 0.725. The minimum Gasteiger partial charge on any atom is -0.316 e. The predicted octanol–water partition coefficient (Wildman–Crippen LogP) is 1.97. The van der Waals surface area contributed by atoms with Crippen molar-refractivity contribution in [3.8, 4) is 0 Å². The Morgan fingerprint density at radius 1 is 1.27 bits per heavy atom. The normalized spacial score (nSPS) is 8.91. The molecule has 0 aliphatic heterocycles. The third-order valence-corrected chi connectivity index (χ3v) is 1.29. The first kappa shape index (κ1) is 10.4. The molecule has 0 saturated carbocycles. The summed E-state index contributed by atoms with van der Waals surface area (Å²) >= 11 is 0. The summed E-state index contributed by atoms with van der Waals surface area (Å²) in [6, 6.07) is 6.47. The maximum Gasteiger partial charge on any atom is 0.123 e. The predicted molar refractivity (Wildman–Crippen MR) is 46.4 cm³/mol. The first-order valence-electron chi connectivity index (χ1n) is 3.22. The summed E-state index contributed by atoms with van der Waals surface area (Å²) < 4.78 is 12.3. The maximum absolute atomic E-state index is 12.3. The zero-order valence-electron chi connectivity index (χ0n) is 6.30. The van der Waals surface area contributed by atoms with Crippen molar-refractivity contribution >= 4 is 12.4 Å². The molecule has 0 aliphatic rings. The summed E-state index contributed by atoms with van der Waals surface area (Å²) in [6.07, 6.45) is 0. The van der Waals surface area contributed by atoms with E-state index in [9.17, 15) is 4.39 Å². The number of benzene rings is 1. The number of rotatable bonds is 2. The number of halogens is 2. The molecule has 62 valence electrons. The minimum atomic E-state index is -0.181. The fourth-order valence-electron chi connectivity index (χ4n) is 0.806. The van der Waals surface area contributed by atoms with Crippen molar-refractivity contribution in [2.75, 3.05) is 7.05 Å². The SMILES string of the molecule is CNCc1ccc(F)cc1.Cl. The van der Waals surface area contributed by atoms with E-state index in [4.69, 9.17) is 0 Å². The second-order valence-corrected chi connectivity index (χ2v) is 2.16. The highest BCUT2D eigenvalue weighted by atomic mass is 35.5. The fourth-order valence-corrected chi connectivity index (χ4v) is 0.806. The van der Waals surface area contributed by atoms with E-state index >= 15 is 0 Å². The average Bonchev–Trinajstić information content (AvgIpc) is 1.95. The Balaban J connectivity index is 0.000001000. The molecule has 0 unspecified atom stereocenters. The largest absolute Gasteiger partial charge is 0.316 e. The van der Waals surface area contributed by atoms with Gasteiger partial charge in [0.2, 0.25) is 0 Å². The van der Waals surface area contributed by atoms with Gasteiger partial charge in [-0.05, 0) is 24.7 Å². The maximum atomic E-state index is 12.3. The van der Waals surface area contributed by atoms with E-state index < -0.39 is 0 Å².